The first-order valence-corrected chi connectivity index (χ1v) is 7.48. The number of anilines is 1. The molecule has 0 bridgehead atoms. The van der Waals surface area contributed by atoms with E-state index in [2.05, 4.69) is 24.1 Å². The minimum atomic E-state index is -0.199. The molecule has 3 nitrogen and oxygen atoms in total. The number of benzene rings is 1. The molecule has 1 atom stereocenters. The van der Waals surface area contributed by atoms with Gasteiger partial charge in [0.2, 0.25) is 0 Å². The number of aliphatic hydroxyl groups excluding tert-OH is 1. The lowest BCUT2D eigenvalue weighted by Gasteiger charge is -2.28. The minimum Gasteiger partial charge on any atom is -0.394 e. The van der Waals surface area contributed by atoms with Gasteiger partial charge in [-0.3, -0.25) is 0 Å². The quantitative estimate of drug-likeness (QED) is 0.840. The summed E-state index contributed by atoms with van der Waals surface area (Å²) < 4.78 is 13.5. The summed E-state index contributed by atoms with van der Waals surface area (Å²) in [6, 6.07) is 5.13. The maximum absolute atomic E-state index is 13.5. The Bertz CT molecular complexity index is 436. The third-order valence-corrected chi connectivity index (χ3v) is 3.81. The van der Waals surface area contributed by atoms with Crippen LogP contribution in [0.1, 0.15) is 32.3 Å². The smallest absolute Gasteiger partial charge is 0.123 e. The first kappa shape index (κ1) is 15.3. The highest BCUT2D eigenvalue weighted by Crippen LogP contribution is 2.29. The Morgan fingerprint density at radius 2 is 2.25 bits per heavy atom. The van der Waals surface area contributed by atoms with Gasteiger partial charge in [0.1, 0.15) is 5.82 Å². The molecule has 0 aliphatic carbocycles. The molecule has 1 aliphatic heterocycles. The Morgan fingerprint density at radius 1 is 1.45 bits per heavy atom. The van der Waals surface area contributed by atoms with Crippen LogP contribution in [-0.4, -0.2) is 30.8 Å². The van der Waals surface area contributed by atoms with Crippen molar-refractivity contribution >= 4 is 5.69 Å². The summed E-state index contributed by atoms with van der Waals surface area (Å²) in [5.41, 5.74) is 2.03. The Kier molecular flexibility index (Phi) is 5.38. The van der Waals surface area contributed by atoms with E-state index in [0.717, 1.165) is 37.2 Å². The number of nitrogens with one attached hydrogen (secondary N) is 1. The van der Waals surface area contributed by atoms with Gasteiger partial charge in [0.15, 0.2) is 0 Å². The van der Waals surface area contributed by atoms with Crippen LogP contribution >= 0.6 is 0 Å². The van der Waals surface area contributed by atoms with Crippen molar-refractivity contribution in [1.29, 1.82) is 0 Å². The molecule has 1 fully saturated rings. The molecule has 1 aromatic rings. The molecule has 1 heterocycles. The molecule has 0 amide bonds. The summed E-state index contributed by atoms with van der Waals surface area (Å²) in [4.78, 5) is 2.21. The molecule has 0 spiro atoms. The van der Waals surface area contributed by atoms with Crippen molar-refractivity contribution in [1.82, 2.24) is 5.32 Å². The van der Waals surface area contributed by atoms with Gasteiger partial charge in [-0.25, -0.2) is 4.39 Å². The molecule has 0 radical (unpaired) electrons. The van der Waals surface area contributed by atoms with Crippen molar-refractivity contribution in [3.05, 3.63) is 29.6 Å². The maximum atomic E-state index is 13.5. The molecule has 2 N–H and O–H groups in total. The predicted octanol–water partition coefficient (Wildman–Crippen LogP) is 2.53. The highest BCUT2D eigenvalue weighted by atomic mass is 19.1. The fraction of sp³-hybridized carbons (Fsp3) is 0.625. The van der Waals surface area contributed by atoms with Crippen molar-refractivity contribution < 1.29 is 9.50 Å². The van der Waals surface area contributed by atoms with Crippen LogP contribution in [0, 0.1) is 11.7 Å². The van der Waals surface area contributed by atoms with Gasteiger partial charge in [-0.2, -0.15) is 0 Å². The number of nitrogens with zero attached hydrogens (tertiary/aromatic N) is 1. The van der Waals surface area contributed by atoms with E-state index >= 15 is 0 Å². The molecule has 20 heavy (non-hydrogen) atoms. The van der Waals surface area contributed by atoms with Gasteiger partial charge in [-0.05, 0) is 49.1 Å². The van der Waals surface area contributed by atoms with E-state index in [1.54, 1.807) is 6.07 Å². The fourth-order valence-corrected chi connectivity index (χ4v) is 2.81. The van der Waals surface area contributed by atoms with E-state index in [9.17, 15) is 9.50 Å². The highest BCUT2D eigenvalue weighted by molar-refractivity contribution is 5.55. The monoisotopic (exact) mass is 280 g/mol. The van der Waals surface area contributed by atoms with E-state index in [1.165, 1.54) is 6.07 Å². The lowest BCUT2D eigenvalue weighted by molar-refractivity contribution is 0.266. The zero-order chi connectivity index (χ0) is 14.5. The Hall–Kier alpha value is -1.13. The van der Waals surface area contributed by atoms with E-state index in [-0.39, 0.29) is 18.5 Å². The lowest BCUT2D eigenvalue weighted by Crippen LogP contribution is -2.33. The van der Waals surface area contributed by atoms with Crippen LogP contribution in [0.2, 0.25) is 0 Å². The third-order valence-electron chi connectivity index (χ3n) is 3.81. The third kappa shape index (κ3) is 3.70. The molecule has 0 saturated carbocycles. The number of hydrogen-bond acceptors (Lipinski definition) is 3. The van der Waals surface area contributed by atoms with E-state index in [0.29, 0.717) is 12.5 Å². The first-order valence-electron chi connectivity index (χ1n) is 7.48. The molecule has 1 aromatic carbocycles. The summed E-state index contributed by atoms with van der Waals surface area (Å²) in [6.07, 6.45) is 2.09. The summed E-state index contributed by atoms with van der Waals surface area (Å²) in [5, 5.41) is 12.8. The van der Waals surface area contributed by atoms with Gasteiger partial charge in [0.05, 0.1) is 12.6 Å². The van der Waals surface area contributed by atoms with Crippen LogP contribution in [0.25, 0.3) is 0 Å². The predicted molar refractivity (Wildman–Crippen MR) is 80.4 cm³/mol. The Balaban J connectivity index is 2.14. The largest absolute Gasteiger partial charge is 0.394 e. The van der Waals surface area contributed by atoms with Crippen molar-refractivity contribution in [2.24, 2.45) is 5.92 Å². The maximum Gasteiger partial charge on any atom is 0.123 e. The van der Waals surface area contributed by atoms with Gasteiger partial charge in [-0.1, -0.05) is 13.8 Å². The zero-order valence-corrected chi connectivity index (χ0v) is 12.4. The highest BCUT2D eigenvalue weighted by Gasteiger charge is 2.25. The van der Waals surface area contributed by atoms with E-state index in [1.807, 2.05) is 6.07 Å². The SMILES string of the molecule is CC(C)CNCc1cc(F)ccc1N1CCCC1CO. The summed E-state index contributed by atoms with van der Waals surface area (Å²) >= 11 is 0. The molecule has 4 heteroatoms. The average Bonchev–Trinajstić information content (AvgIpc) is 2.86. The minimum absolute atomic E-state index is 0.163. The molecule has 1 aliphatic rings. The number of aliphatic hydroxyl groups is 1. The fourth-order valence-electron chi connectivity index (χ4n) is 2.81. The summed E-state index contributed by atoms with van der Waals surface area (Å²) in [6.45, 7) is 6.99. The van der Waals surface area contributed by atoms with Crippen molar-refractivity contribution in [3.8, 4) is 0 Å². The van der Waals surface area contributed by atoms with Gasteiger partial charge >= 0.3 is 0 Å². The van der Waals surface area contributed by atoms with Crippen molar-refractivity contribution in [2.45, 2.75) is 39.3 Å². The number of halogens is 1. The lowest BCUT2D eigenvalue weighted by atomic mass is 10.1. The average molecular weight is 280 g/mol. The second-order valence-electron chi connectivity index (χ2n) is 5.97. The van der Waals surface area contributed by atoms with Crippen LogP contribution in [0.5, 0.6) is 0 Å². The van der Waals surface area contributed by atoms with Crippen LogP contribution < -0.4 is 10.2 Å². The normalized spacial score (nSPS) is 19.1. The first-order chi connectivity index (χ1) is 9.61. The van der Waals surface area contributed by atoms with Crippen LogP contribution in [0.4, 0.5) is 10.1 Å². The number of rotatable bonds is 6. The number of hydrogen-bond donors (Lipinski definition) is 2. The molecule has 1 unspecified atom stereocenters. The summed E-state index contributed by atoms with van der Waals surface area (Å²) in [7, 11) is 0. The molecule has 112 valence electrons. The molecule has 0 aromatic heterocycles. The van der Waals surface area contributed by atoms with Crippen LogP contribution in [0.15, 0.2) is 18.2 Å². The topological polar surface area (TPSA) is 35.5 Å². The summed E-state index contributed by atoms with van der Waals surface area (Å²) in [5.74, 6) is 0.374. The molecule has 1 saturated heterocycles. The molecule has 2 rings (SSSR count). The van der Waals surface area contributed by atoms with E-state index < -0.39 is 0 Å². The van der Waals surface area contributed by atoms with Crippen LogP contribution in [0.3, 0.4) is 0 Å². The van der Waals surface area contributed by atoms with Gasteiger partial charge < -0.3 is 15.3 Å². The second-order valence-corrected chi connectivity index (χ2v) is 5.97. The van der Waals surface area contributed by atoms with Gasteiger partial charge in [-0.15, -0.1) is 0 Å². The van der Waals surface area contributed by atoms with Crippen LogP contribution in [-0.2, 0) is 6.54 Å². The van der Waals surface area contributed by atoms with Crippen molar-refractivity contribution in [3.63, 3.8) is 0 Å². The second kappa shape index (κ2) is 7.04. The van der Waals surface area contributed by atoms with Gasteiger partial charge in [0, 0.05) is 18.8 Å². The molecular formula is C16H25FN2O. The Morgan fingerprint density at radius 3 is 2.95 bits per heavy atom. The standard InChI is InChI=1S/C16H25FN2O/c1-12(2)9-18-10-13-8-14(17)5-6-16(13)19-7-3-4-15(19)11-20/h5-6,8,12,15,18,20H,3-4,7,9-11H2,1-2H3. The van der Waals surface area contributed by atoms with Crippen molar-refractivity contribution in [2.75, 3.05) is 24.6 Å². The Labute approximate surface area is 120 Å². The van der Waals surface area contributed by atoms with E-state index in [4.69, 9.17) is 0 Å². The zero-order valence-electron chi connectivity index (χ0n) is 12.4. The molecular weight excluding hydrogens is 255 g/mol. The van der Waals surface area contributed by atoms with Gasteiger partial charge in [0.25, 0.3) is 0 Å².